The molecule has 3 rings (SSSR count). The van der Waals surface area contributed by atoms with Crippen molar-refractivity contribution in [2.24, 2.45) is 11.7 Å². The number of primary amides is 1. The average molecular weight is 435 g/mol. The van der Waals surface area contributed by atoms with Gasteiger partial charge in [0.15, 0.2) is 0 Å². The summed E-state index contributed by atoms with van der Waals surface area (Å²) < 4.78 is 7.21. The number of rotatable bonds is 5. The molecule has 0 radical (unpaired) electrons. The number of imidazole rings is 1. The van der Waals surface area contributed by atoms with Crippen LogP contribution in [0.4, 0.5) is 0 Å². The fraction of sp³-hybridized carbons (Fsp3) is 0.737. The maximum Gasteiger partial charge on any atom is 0.308 e. The highest BCUT2D eigenvalue weighted by atomic mass is 35.5. The van der Waals surface area contributed by atoms with E-state index in [1.54, 1.807) is 0 Å². The lowest BCUT2D eigenvalue weighted by Crippen LogP contribution is -2.32. The van der Waals surface area contributed by atoms with Gasteiger partial charge in [0.2, 0.25) is 0 Å². The number of ether oxygens (including phenoxy) is 1. The van der Waals surface area contributed by atoms with Crippen molar-refractivity contribution >= 4 is 36.7 Å². The minimum absolute atomic E-state index is 0. The summed E-state index contributed by atoms with van der Waals surface area (Å²) in [7, 11) is 1.44. The molecule has 7 nitrogen and oxygen atoms in total. The highest BCUT2D eigenvalue weighted by molar-refractivity contribution is 5.92. The molecule has 160 valence electrons. The Morgan fingerprint density at radius 2 is 1.75 bits per heavy atom. The molecule has 2 fully saturated rings. The quantitative estimate of drug-likeness (QED) is 0.693. The van der Waals surface area contributed by atoms with E-state index in [0.29, 0.717) is 11.7 Å². The summed E-state index contributed by atoms with van der Waals surface area (Å²) in [5.74, 6) is 0.572. The number of amides is 1. The van der Waals surface area contributed by atoms with Crippen LogP contribution in [0.15, 0.2) is 0 Å². The van der Waals surface area contributed by atoms with Crippen molar-refractivity contribution in [3.63, 3.8) is 0 Å². The number of piperidine rings is 1. The maximum absolute atomic E-state index is 12.1. The SMILES string of the molecule is CCc1nc(C(N)=O)c(C2CCC(C(=O)OC)CC2)n1C1CCNCC1.Cl.Cl. The monoisotopic (exact) mass is 434 g/mol. The summed E-state index contributed by atoms with van der Waals surface area (Å²) in [6.45, 7) is 4.03. The number of esters is 1. The largest absolute Gasteiger partial charge is 0.469 e. The van der Waals surface area contributed by atoms with E-state index in [1.807, 2.05) is 0 Å². The number of aryl methyl sites for hydroxylation is 1. The number of methoxy groups -OCH3 is 1. The third kappa shape index (κ3) is 4.99. The zero-order valence-electron chi connectivity index (χ0n) is 16.6. The number of nitrogens with two attached hydrogens (primary N) is 1. The summed E-state index contributed by atoms with van der Waals surface area (Å²) in [6, 6.07) is 0.361. The molecule has 0 atom stereocenters. The second-order valence-corrected chi connectivity index (χ2v) is 7.40. The smallest absolute Gasteiger partial charge is 0.308 e. The highest BCUT2D eigenvalue weighted by Gasteiger charge is 2.34. The third-order valence-corrected chi connectivity index (χ3v) is 5.89. The van der Waals surface area contributed by atoms with Gasteiger partial charge < -0.3 is 20.4 Å². The van der Waals surface area contributed by atoms with Crippen LogP contribution in [0, 0.1) is 5.92 Å². The van der Waals surface area contributed by atoms with Crippen LogP contribution in [0.25, 0.3) is 0 Å². The Labute approximate surface area is 179 Å². The molecule has 1 saturated heterocycles. The fourth-order valence-corrected chi connectivity index (χ4v) is 4.56. The van der Waals surface area contributed by atoms with Crippen molar-refractivity contribution in [1.29, 1.82) is 0 Å². The molecule has 1 amide bonds. The van der Waals surface area contributed by atoms with Crippen LogP contribution < -0.4 is 11.1 Å². The number of aromatic nitrogens is 2. The molecule has 0 aromatic carbocycles. The Hall–Kier alpha value is -1.31. The molecule has 3 N–H and O–H groups in total. The maximum atomic E-state index is 12.1. The fourth-order valence-electron chi connectivity index (χ4n) is 4.56. The lowest BCUT2D eigenvalue weighted by atomic mass is 9.79. The van der Waals surface area contributed by atoms with Gasteiger partial charge in [-0.15, -0.1) is 24.8 Å². The molecule has 9 heteroatoms. The lowest BCUT2D eigenvalue weighted by molar-refractivity contribution is -0.146. The predicted molar refractivity (Wildman–Crippen MR) is 112 cm³/mol. The molecule has 2 aliphatic rings. The van der Waals surface area contributed by atoms with Gasteiger partial charge in [0.1, 0.15) is 11.5 Å². The van der Waals surface area contributed by atoms with Crippen LogP contribution >= 0.6 is 24.8 Å². The highest BCUT2D eigenvalue weighted by Crippen LogP contribution is 2.40. The van der Waals surface area contributed by atoms with Gasteiger partial charge in [-0.05, 0) is 51.6 Å². The van der Waals surface area contributed by atoms with Gasteiger partial charge in [-0.25, -0.2) is 4.98 Å². The molecule has 0 unspecified atom stereocenters. The molecule has 1 aliphatic carbocycles. The van der Waals surface area contributed by atoms with Gasteiger partial charge in [0.05, 0.1) is 18.7 Å². The van der Waals surface area contributed by atoms with Gasteiger partial charge in [-0.3, -0.25) is 9.59 Å². The number of hydrogen-bond acceptors (Lipinski definition) is 5. The van der Waals surface area contributed by atoms with Crippen molar-refractivity contribution in [2.45, 2.75) is 63.8 Å². The van der Waals surface area contributed by atoms with Gasteiger partial charge in [0.25, 0.3) is 5.91 Å². The lowest BCUT2D eigenvalue weighted by Gasteiger charge is -2.32. The Bertz CT molecular complexity index is 666. The number of nitrogens with zero attached hydrogens (tertiary/aromatic N) is 2. The van der Waals surface area contributed by atoms with E-state index in [9.17, 15) is 9.59 Å². The first-order valence-electron chi connectivity index (χ1n) is 9.76. The molecule has 1 saturated carbocycles. The van der Waals surface area contributed by atoms with Gasteiger partial charge in [-0.1, -0.05) is 6.92 Å². The third-order valence-electron chi connectivity index (χ3n) is 5.89. The van der Waals surface area contributed by atoms with E-state index in [2.05, 4.69) is 21.8 Å². The minimum Gasteiger partial charge on any atom is -0.469 e. The first-order chi connectivity index (χ1) is 12.6. The van der Waals surface area contributed by atoms with E-state index < -0.39 is 5.91 Å². The standard InChI is InChI=1S/C19H30N4O3.2ClH/c1-3-15-22-16(18(20)24)17(23(15)14-8-10-21-11-9-14)12-4-6-13(7-5-12)19(25)26-2;;/h12-14,21H,3-11H2,1-2H3,(H2,20,24);2*1H. The number of carbonyl (C=O) groups excluding carboxylic acids is 2. The summed E-state index contributed by atoms with van der Waals surface area (Å²) >= 11 is 0. The summed E-state index contributed by atoms with van der Waals surface area (Å²) in [4.78, 5) is 28.6. The second-order valence-electron chi connectivity index (χ2n) is 7.40. The van der Waals surface area contributed by atoms with Crippen molar-refractivity contribution in [2.75, 3.05) is 20.2 Å². The van der Waals surface area contributed by atoms with Crippen molar-refractivity contribution in [3.05, 3.63) is 17.2 Å². The minimum atomic E-state index is -0.447. The molecule has 2 heterocycles. The Balaban J connectivity index is 0.00000196. The summed E-state index contributed by atoms with van der Waals surface area (Å²) in [5.41, 5.74) is 7.12. The number of nitrogens with one attached hydrogen (secondary N) is 1. The van der Waals surface area contributed by atoms with Gasteiger partial charge in [0, 0.05) is 18.4 Å². The van der Waals surface area contributed by atoms with Crippen molar-refractivity contribution in [1.82, 2.24) is 14.9 Å². The number of hydrogen-bond donors (Lipinski definition) is 2. The zero-order chi connectivity index (χ0) is 18.7. The number of carbonyl (C=O) groups is 2. The zero-order valence-corrected chi connectivity index (χ0v) is 18.2. The molecule has 1 aliphatic heterocycles. The van der Waals surface area contributed by atoms with Crippen molar-refractivity contribution < 1.29 is 14.3 Å². The second kappa shape index (κ2) is 11.0. The average Bonchev–Trinajstić information content (AvgIpc) is 3.08. The molecule has 1 aromatic rings. The van der Waals surface area contributed by atoms with E-state index in [-0.39, 0.29) is 42.6 Å². The summed E-state index contributed by atoms with van der Waals surface area (Å²) in [6.07, 6.45) is 6.14. The van der Waals surface area contributed by atoms with Crippen LogP contribution in [0.1, 0.15) is 79.4 Å². The Morgan fingerprint density at radius 3 is 2.25 bits per heavy atom. The molecule has 1 aromatic heterocycles. The Morgan fingerprint density at radius 1 is 1.14 bits per heavy atom. The van der Waals surface area contributed by atoms with Crippen LogP contribution in [0.2, 0.25) is 0 Å². The van der Waals surface area contributed by atoms with E-state index in [1.165, 1.54) is 7.11 Å². The molecule has 28 heavy (non-hydrogen) atoms. The first-order valence-corrected chi connectivity index (χ1v) is 9.76. The van der Waals surface area contributed by atoms with Gasteiger partial charge in [-0.2, -0.15) is 0 Å². The van der Waals surface area contributed by atoms with Crippen LogP contribution in [-0.2, 0) is 16.0 Å². The van der Waals surface area contributed by atoms with Crippen molar-refractivity contribution in [3.8, 4) is 0 Å². The molecular weight excluding hydrogens is 403 g/mol. The molecule has 0 spiro atoms. The van der Waals surface area contributed by atoms with E-state index >= 15 is 0 Å². The van der Waals surface area contributed by atoms with Crippen LogP contribution in [-0.4, -0.2) is 41.6 Å². The van der Waals surface area contributed by atoms with Gasteiger partial charge >= 0.3 is 5.97 Å². The normalized spacial score (nSPS) is 22.6. The van der Waals surface area contributed by atoms with E-state index in [0.717, 1.165) is 69.6 Å². The number of halogens is 2. The molecular formula is C19H32Cl2N4O3. The van der Waals surface area contributed by atoms with Crippen LogP contribution in [0.5, 0.6) is 0 Å². The molecule has 0 bridgehead atoms. The van der Waals surface area contributed by atoms with E-state index in [4.69, 9.17) is 10.5 Å². The topological polar surface area (TPSA) is 99.2 Å². The predicted octanol–water partition coefficient (Wildman–Crippen LogP) is 2.76. The summed E-state index contributed by atoms with van der Waals surface area (Å²) in [5, 5.41) is 3.40. The van der Waals surface area contributed by atoms with Crippen LogP contribution in [0.3, 0.4) is 0 Å². The first kappa shape index (κ1) is 24.7. The Kier molecular flexibility index (Phi) is 9.74.